The number of hydrogen-bond acceptors (Lipinski definition) is 2. The van der Waals surface area contributed by atoms with Crippen molar-refractivity contribution in [2.45, 2.75) is 6.92 Å². The van der Waals surface area contributed by atoms with E-state index in [-0.39, 0.29) is 6.47 Å². The zero-order valence-corrected chi connectivity index (χ0v) is 6.10. The first-order chi connectivity index (χ1) is 5.18. The van der Waals surface area contributed by atoms with Gasteiger partial charge >= 0.3 is 5.97 Å². The Morgan fingerprint density at radius 3 is 2.09 bits per heavy atom. The van der Waals surface area contributed by atoms with E-state index in [0.29, 0.717) is 0 Å². The van der Waals surface area contributed by atoms with Crippen LogP contribution >= 0.6 is 0 Å². The van der Waals surface area contributed by atoms with Crippen molar-refractivity contribution in [2.24, 2.45) is 0 Å². The Bertz CT molecular complexity index is 158. The van der Waals surface area contributed by atoms with E-state index < -0.39 is 5.97 Å². The fourth-order valence-electron chi connectivity index (χ4n) is 0.249. The summed E-state index contributed by atoms with van der Waals surface area (Å²) < 4.78 is 0. The summed E-state index contributed by atoms with van der Waals surface area (Å²) in [5.74, 6) is -0.914. The predicted molar refractivity (Wildman–Crippen MR) is 40.3 cm³/mol. The van der Waals surface area contributed by atoms with Gasteiger partial charge in [0.15, 0.2) is 0 Å². The minimum Gasteiger partial charge on any atom is -0.483 e. The molecular weight excluding hydrogens is 148 g/mol. The first-order valence-corrected chi connectivity index (χ1v) is 2.79. The van der Waals surface area contributed by atoms with Crippen LogP contribution in [0.5, 0.6) is 0 Å². The second-order valence-corrected chi connectivity index (χ2v) is 1.33. The average Bonchev–Trinajstić information content (AvgIpc) is 1.89. The van der Waals surface area contributed by atoms with Gasteiger partial charge in [0.25, 0.3) is 6.47 Å². The van der Waals surface area contributed by atoms with Crippen LogP contribution in [0.4, 0.5) is 0 Å². The number of rotatable bonds is 2. The van der Waals surface area contributed by atoms with Gasteiger partial charge in [-0.1, -0.05) is 18.2 Å². The standard InChI is InChI=1S/C6H8O2.CH2O2/c1-2-3-4-5-6(7)8;2-1-3/h2-5H,1H3,(H,7,8);1H,(H,2,3)/b3-2+,5-4+;. The third-order valence-electron chi connectivity index (χ3n) is 0.542. The van der Waals surface area contributed by atoms with Crippen LogP contribution in [0.2, 0.25) is 0 Å². The molecule has 0 aliphatic heterocycles. The van der Waals surface area contributed by atoms with Crippen molar-refractivity contribution in [1.82, 2.24) is 0 Å². The highest BCUT2D eigenvalue weighted by Gasteiger charge is 1.78. The van der Waals surface area contributed by atoms with Gasteiger partial charge in [-0.2, -0.15) is 0 Å². The molecule has 2 N–H and O–H groups in total. The third kappa shape index (κ3) is 29.7. The maximum atomic E-state index is 9.75. The number of aliphatic carboxylic acids is 1. The summed E-state index contributed by atoms with van der Waals surface area (Å²) in [4.78, 5) is 18.1. The van der Waals surface area contributed by atoms with E-state index in [1.54, 1.807) is 12.2 Å². The zero-order valence-electron chi connectivity index (χ0n) is 6.10. The van der Waals surface area contributed by atoms with Crippen molar-refractivity contribution in [1.29, 1.82) is 0 Å². The topological polar surface area (TPSA) is 74.6 Å². The molecule has 0 aliphatic rings. The number of carbonyl (C=O) groups is 2. The van der Waals surface area contributed by atoms with Gasteiger partial charge in [0, 0.05) is 6.08 Å². The molecule has 0 saturated heterocycles. The van der Waals surface area contributed by atoms with Crippen molar-refractivity contribution >= 4 is 12.4 Å². The summed E-state index contributed by atoms with van der Waals surface area (Å²) in [6.07, 6.45) is 5.98. The van der Waals surface area contributed by atoms with E-state index in [1.165, 1.54) is 6.08 Å². The van der Waals surface area contributed by atoms with E-state index in [0.717, 1.165) is 6.08 Å². The Hall–Kier alpha value is -1.58. The summed E-state index contributed by atoms with van der Waals surface area (Å²) in [5, 5.41) is 14.9. The average molecular weight is 158 g/mol. The molecule has 0 fully saturated rings. The molecule has 4 nitrogen and oxygen atoms in total. The third-order valence-corrected chi connectivity index (χ3v) is 0.542. The summed E-state index contributed by atoms with van der Waals surface area (Å²) in [7, 11) is 0. The van der Waals surface area contributed by atoms with E-state index in [1.807, 2.05) is 6.92 Å². The van der Waals surface area contributed by atoms with Crippen LogP contribution < -0.4 is 0 Å². The smallest absolute Gasteiger partial charge is 0.328 e. The molecule has 0 spiro atoms. The Balaban J connectivity index is 0. The highest BCUT2D eigenvalue weighted by Crippen LogP contribution is 1.74. The van der Waals surface area contributed by atoms with Crippen LogP contribution in [0.1, 0.15) is 6.92 Å². The first-order valence-electron chi connectivity index (χ1n) is 2.79. The second-order valence-electron chi connectivity index (χ2n) is 1.33. The highest BCUT2D eigenvalue weighted by molar-refractivity contribution is 5.80. The number of allylic oxidation sites excluding steroid dienone is 3. The van der Waals surface area contributed by atoms with Crippen LogP contribution in [-0.4, -0.2) is 22.7 Å². The van der Waals surface area contributed by atoms with Gasteiger partial charge in [-0.25, -0.2) is 4.79 Å². The van der Waals surface area contributed by atoms with Crippen molar-refractivity contribution in [2.75, 3.05) is 0 Å². The van der Waals surface area contributed by atoms with Crippen LogP contribution in [0.15, 0.2) is 24.3 Å². The van der Waals surface area contributed by atoms with E-state index in [4.69, 9.17) is 15.0 Å². The van der Waals surface area contributed by atoms with Gasteiger partial charge in [0.1, 0.15) is 0 Å². The molecule has 0 amide bonds. The van der Waals surface area contributed by atoms with Gasteiger partial charge in [-0.15, -0.1) is 0 Å². The van der Waals surface area contributed by atoms with Crippen molar-refractivity contribution in [3.05, 3.63) is 24.3 Å². The molecule has 0 unspecified atom stereocenters. The molecule has 62 valence electrons. The lowest BCUT2D eigenvalue weighted by molar-refractivity contribution is -0.131. The monoisotopic (exact) mass is 158 g/mol. The van der Waals surface area contributed by atoms with Gasteiger partial charge < -0.3 is 10.2 Å². The molecular formula is C7H10O4. The van der Waals surface area contributed by atoms with E-state index in [9.17, 15) is 4.79 Å². The van der Waals surface area contributed by atoms with Crippen molar-refractivity contribution in [3.63, 3.8) is 0 Å². The Kier molecular flexibility index (Phi) is 12.4. The number of hydrogen-bond donors (Lipinski definition) is 2. The van der Waals surface area contributed by atoms with Crippen LogP contribution in [0.25, 0.3) is 0 Å². The zero-order chi connectivity index (χ0) is 9.11. The van der Waals surface area contributed by atoms with Gasteiger partial charge in [0.2, 0.25) is 0 Å². The Labute approximate surface area is 64.5 Å². The molecule has 0 heterocycles. The maximum absolute atomic E-state index is 9.75. The largest absolute Gasteiger partial charge is 0.483 e. The Morgan fingerprint density at radius 1 is 1.36 bits per heavy atom. The van der Waals surface area contributed by atoms with E-state index in [2.05, 4.69) is 0 Å². The lowest BCUT2D eigenvalue weighted by Gasteiger charge is -1.72. The number of carboxylic acid groups (broad SMARTS) is 2. The lowest BCUT2D eigenvalue weighted by Crippen LogP contribution is -1.83. The molecule has 0 rings (SSSR count). The first kappa shape index (κ1) is 12.1. The Morgan fingerprint density at radius 2 is 1.82 bits per heavy atom. The highest BCUT2D eigenvalue weighted by atomic mass is 16.4. The molecule has 11 heavy (non-hydrogen) atoms. The molecule has 0 saturated carbocycles. The van der Waals surface area contributed by atoms with E-state index >= 15 is 0 Å². The van der Waals surface area contributed by atoms with Crippen molar-refractivity contribution < 1.29 is 19.8 Å². The lowest BCUT2D eigenvalue weighted by atomic mass is 10.4. The summed E-state index contributed by atoms with van der Waals surface area (Å²) in [5.41, 5.74) is 0. The van der Waals surface area contributed by atoms with Gasteiger partial charge in [-0.05, 0) is 6.92 Å². The van der Waals surface area contributed by atoms with Crippen LogP contribution in [-0.2, 0) is 9.59 Å². The van der Waals surface area contributed by atoms with Gasteiger partial charge in [-0.3, -0.25) is 4.79 Å². The molecule has 0 aromatic carbocycles. The normalized spacial score (nSPS) is 9.18. The molecule has 0 aliphatic carbocycles. The summed E-state index contributed by atoms with van der Waals surface area (Å²) in [6.45, 7) is 1.58. The minimum absolute atomic E-state index is 0.250. The summed E-state index contributed by atoms with van der Waals surface area (Å²) in [6, 6.07) is 0. The second kappa shape index (κ2) is 11.2. The molecule has 0 aromatic rings. The fourth-order valence-corrected chi connectivity index (χ4v) is 0.249. The predicted octanol–water partition coefficient (Wildman–Crippen LogP) is 0.904. The number of carboxylic acids is 1. The molecule has 0 radical (unpaired) electrons. The molecule has 0 aromatic heterocycles. The molecule has 0 bridgehead atoms. The SMILES string of the molecule is C/C=C/C=C/C(=O)O.O=CO. The van der Waals surface area contributed by atoms with Gasteiger partial charge in [0.05, 0.1) is 0 Å². The fraction of sp³-hybridized carbons (Fsp3) is 0.143. The van der Waals surface area contributed by atoms with Crippen molar-refractivity contribution in [3.8, 4) is 0 Å². The van der Waals surface area contributed by atoms with Crippen LogP contribution in [0.3, 0.4) is 0 Å². The maximum Gasteiger partial charge on any atom is 0.328 e. The molecule has 4 heteroatoms. The quantitative estimate of drug-likeness (QED) is 0.355. The summed E-state index contributed by atoms with van der Waals surface area (Å²) >= 11 is 0. The molecule has 0 atom stereocenters. The minimum atomic E-state index is -0.914. The van der Waals surface area contributed by atoms with Crippen LogP contribution in [0, 0.1) is 0 Å².